The monoisotopic (exact) mass is 327 g/mol. The lowest BCUT2D eigenvalue weighted by Gasteiger charge is -2.31. The van der Waals surface area contributed by atoms with Gasteiger partial charge in [0.2, 0.25) is 0 Å². The van der Waals surface area contributed by atoms with Crippen molar-refractivity contribution < 1.29 is 13.3 Å². The number of hydrogen-bond donors (Lipinski definition) is 0. The summed E-state index contributed by atoms with van der Waals surface area (Å²) in [5, 5.41) is 0. The zero-order valence-corrected chi connectivity index (χ0v) is 16.2. The summed E-state index contributed by atoms with van der Waals surface area (Å²) in [5.74, 6) is 0.588. The summed E-state index contributed by atoms with van der Waals surface area (Å²) in [5.41, 5.74) is 0.721. The predicted molar refractivity (Wildman–Crippen MR) is 93.1 cm³/mol. The lowest BCUT2D eigenvalue weighted by molar-refractivity contribution is 0.0705. The highest BCUT2D eigenvalue weighted by molar-refractivity contribution is 6.61. The highest BCUT2D eigenvalue weighted by Crippen LogP contribution is 2.35. The minimum atomic E-state index is -2.49. The third kappa shape index (κ3) is 5.83. The van der Waals surface area contributed by atoms with Crippen LogP contribution in [0.25, 0.3) is 0 Å². The molecule has 1 radical (unpaired) electrons. The largest absolute Gasteiger partial charge is 0.500 e. The van der Waals surface area contributed by atoms with Gasteiger partial charge in [-0.25, -0.2) is 0 Å². The third-order valence-electron chi connectivity index (χ3n) is 3.84. The van der Waals surface area contributed by atoms with Crippen molar-refractivity contribution in [2.45, 2.75) is 51.9 Å². The second-order valence-corrected chi connectivity index (χ2v) is 11.2. The predicted octanol–water partition coefficient (Wildman–Crippen LogP) is 4.29. The maximum atomic E-state index is 5.97. The summed E-state index contributed by atoms with van der Waals surface area (Å²) < 4.78 is 17.9. The fourth-order valence-electron chi connectivity index (χ4n) is 2.92. The van der Waals surface area contributed by atoms with Crippen molar-refractivity contribution in [3.8, 4) is 0 Å². The van der Waals surface area contributed by atoms with Crippen molar-refractivity contribution in [2.24, 2.45) is 5.92 Å². The molecule has 0 N–H and O–H groups in total. The molecule has 1 aliphatic carbocycles. The Hall–Kier alpha value is -0.206. The first kappa shape index (κ1) is 18.8. The van der Waals surface area contributed by atoms with Crippen LogP contribution in [0.15, 0.2) is 24.3 Å². The highest BCUT2D eigenvalue weighted by Gasteiger charge is 2.41. The topological polar surface area (TPSA) is 27.7 Å². The fraction of sp³-hybridized carbons (Fsp3) is 0.750. The van der Waals surface area contributed by atoms with Crippen LogP contribution < -0.4 is 0 Å². The molecule has 1 unspecified atom stereocenters. The van der Waals surface area contributed by atoms with Crippen molar-refractivity contribution in [1.29, 1.82) is 0 Å². The van der Waals surface area contributed by atoms with Crippen molar-refractivity contribution in [1.82, 2.24) is 0 Å². The fourth-order valence-corrected chi connectivity index (χ4v) is 7.59. The molecular formula is C16H31O3Si2. The van der Waals surface area contributed by atoms with Gasteiger partial charge in [-0.05, 0) is 38.7 Å². The molecule has 0 amide bonds. The van der Waals surface area contributed by atoms with Crippen LogP contribution in [-0.4, -0.2) is 37.4 Å². The molecule has 121 valence electrons. The Balaban J connectivity index is 2.71. The van der Waals surface area contributed by atoms with E-state index in [0.29, 0.717) is 25.7 Å². The second kappa shape index (κ2) is 9.74. The molecule has 5 heteroatoms. The maximum Gasteiger partial charge on any atom is 0.500 e. The van der Waals surface area contributed by atoms with Crippen LogP contribution in [0.4, 0.5) is 0 Å². The smallest absolute Gasteiger partial charge is 0.374 e. The lowest BCUT2D eigenvalue weighted by atomic mass is 10.1. The van der Waals surface area contributed by atoms with E-state index in [1.807, 2.05) is 20.8 Å². The molecule has 0 aliphatic heterocycles. The summed E-state index contributed by atoms with van der Waals surface area (Å²) in [6.45, 7) is 12.9. The van der Waals surface area contributed by atoms with Gasteiger partial charge in [0.15, 0.2) is 0 Å². The van der Waals surface area contributed by atoms with E-state index in [2.05, 4.69) is 37.4 Å². The van der Waals surface area contributed by atoms with E-state index in [-0.39, 0.29) is 8.80 Å². The molecule has 0 fully saturated rings. The van der Waals surface area contributed by atoms with Crippen LogP contribution >= 0.6 is 0 Å². The average molecular weight is 328 g/mol. The maximum absolute atomic E-state index is 5.97. The van der Waals surface area contributed by atoms with Gasteiger partial charge in [-0.2, -0.15) is 0 Å². The normalized spacial score (nSPS) is 17.0. The van der Waals surface area contributed by atoms with E-state index >= 15 is 0 Å². The van der Waals surface area contributed by atoms with E-state index in [4.69, 9.17) is 13.3 Å². The number of allylic oxidation sites excluding steroid dienone is 4. The average Bonchev–Trinajstić information content (AvgIpc) is 2.93. The van der Waals surface area contributed by atoms with E-state index in [1.165, 1.54) is 0 Å². The molecule has 0 spiro atoms. The summed E-state index contributed by atoms with van der Waals surface area (Å²) in [6.07, 6.45) is 10.1. The number of rotatable bonds is 11. The molecular weight excluding hydrogens is 296 g/mol. The van der Waals surface area contributed by atoms with Gasteiger partial charge in [-0.1, -0.05) is 37.4 Å². The molecule has 1 rings (SSSR count). The molecule has 0 heterocycles. The molecule has 0 bridgehead atoms. The Morgan fingerprint density at radius 2 is 1.43 bits per heavy atom. The Kier molecular flexibility index (Phi) is 8.74. The van der Waals surface area contributed by atoms with Gasteiger partial charge >= 0.3 is 8.80 Å². The van der Waals surface area contributed by atoms with Gasteiger partial charge in [0.1, 0.15) is 0 Å². The highest BCUT2D eigenvalue weighted by atomic mass is 28.4. The van der Waals surface area contributed by atoms with Gasteiger partial charge in [0.05, 0.1) is 0 Å². The first-order chi connectivity index (χ1) is 10.1. The van der Waals surface area contributed by atoms with Gasteiger partial charge in [0, 0.05) is 34.7 Å². The zero-order chi connectivity index (χ0) is 15.7. The molecule has 0 aromatic heterocycles. The van der Waals surface area contributed by atoms with Gasteiger partial charge in [0.25, 0.3) is 0 Å². The van der Waals surface area contributed by atoms with Crippen LogP contribution in [0.2, 0.25) is 24.7 Å². The molecule has 0 saturated heterocycles. The Morgan fingerprint density at radius 1 is 0.952 bits per heavy atom. The van der Waals surface area contributed by atoms with Crippen molar-refractivity contribution in [2.75, 3.05) is 19.8 Å². The molecule has 1 aliphatic rings. The molecule has 21 heavy (non-hydrogen) atoms. The van der Waals surface area contributed by atoms with E-state index in [9.17, 15) is 0 Å². The second-order valence-electron chi connectivity index (χ2n) is 5.55. The van der Waals surface area contributed by atoms with Crippen LogP contribution in [0.5, 0.6) is 0 Å². The van der Waals surface area contributed by atoms with Crippen LogP contribution in [-0.2, 0) is 13.3 Å². The SMILES string of the molecule is CCO[Si](CCC(C1C=CC=C1)[Si](C)C)(OCC)OCC. The lowest BCUT2D eigenvalue weighted by Crippen LogP contribution is -2.46. The Morgan fingerprint density at radius 3 is 1.81 bits per heavy atom. The van der Waals surface area contributed by atoms with Gasteiger partial charge in [-0.15, -0.1) is 0 Å². The molecule has 0 saturated carbocycles. The summed E-state index contributed by atoms with van der Waals surface area (Å²) in [7, 11) is -2.86. The summed E-state index contributed by atoms with van der Waals surface area (Å²) >= 11 is 0. The summed E-state index contributed by atoms with van der Waals surface area (Å²) in [6, 6.07) is 0.932. The minimum Gasteiger partial charge on any atom is -0.374 e. The van der Waals surface area contributed by atoms with Crippen molar-refractivity contribution >= 4 is 17.6 Å². The van der Waals surface area contributed by atoms with Gasteiger partial charge < -0.3 is 13.3 Å². The van der Waals surface area contributed by atoms with Crippen LogP contribution in [0.1, 0.15) is 27.2 Å². The molecule has 1 atom stereocenters. The molecule has 0 aromatic rings. The Labute approximate surface area is 133 Å². The summed E-state index contributed by atoms with van der Waals surface area (Å²) in [4.78, 5) is 0. The zero-order valence-electron chi connectivity index (χ0n) is 14.2. The first-order valence-electron chi connectivity index (χ1n) is 8.15. The third-order valence-corrected chi connectivity index (χ3v) is 9.08. The first-order valence-corrected chi connectivity index (χ1v) is 12.7. The quantitative estimate of drug-likeness (QED) is 0.530. The Bertz CT molecular complexity index is 313. The minimum absolute atomic E-state index is 0.369. The molecule has 3 nitrogen and oxygen atoms in total. The standard InChI is InChI=1S/C16H31O3Si2/c1-6-17-21(18-7-2,19-8-3)14-13-16(20(4)5)15-11-9-10-12-15/h9-12,15-16H,6-8,13-14H2,1-5H3. The van der Waals surface area contributed by atoms with E-state index in [0.717, 1.165) is 18.0 Å². The van der Waals surface area contributed by atoms with E-state index < -0.39 is 8.80 Å². The van der Waals surface area contributed by atoms with Crippen LogP contribution in [0, 0.1) is 5.92 Å². The number of hydrogen-bond acceptors (Lipinski definition) is 3. The van der Waals surface area contributed by atoms with Crippen molar-refractivity contribution in [3.05, 3.63) is 24.3 Å². The van der Waals surface area contributed by atoms with Crippen LogP contribution in [0.3, 0.4) is 0 Å². The molecule has 0 aromatic carbocycles. The van der Waals surface area contributed by atoms with Crippen molar-refractivity contribution in [3.63, 3.8) is 0 Å². The van der Waals surface area contributed by atoms with E-state index in [1.54, 1.807) is 0 Å². The van der Waals surface area contributed by atoms with Gasteiger partial charge in [-0.3, -0.25) is 0 Å².